The summed E-state index contributed by atoms with van der Waals surface area (Å²) in [6.07, 6.45) is 3.79. The lowest BCUT2D eigenvalue weighted by Gasteiger charge is -2.29. The van der Waals surface area contributed by atoms with E-state index in [-0.39, 0.29) is 27.8 Å². The van der Waals surface area contributed by atoms with Crippen molar-refractivity contribution in [3.63, 3.8) is 0 Å². The lowest BCUT2D eigenvalue weighted by Crippen LogP contribution is -2.24. The number of carbonyl (C=O) groups is 2. The van der Waals surface area contributed by atoms with Crippen LogP contribution in [0.25, 0.3) is 0 Å². The number of rotatable bonds is 4. The molecular formula is C21H22BrNO3. The molecule has 0 bridgehead atoms. The topological polar surface area (TPSA) is 46.6 Å². The number of Topliss-reactive ketones (excluding diaryl/α,β-unsaturated/α-hetero) is 2. The van der Waals surface area contributed by atoms with Crippen LogP contribution in [0.15, 0.2) is 63.5 Å². The quantitative estimate of drug-likeness (QED) is 0.681. The normalized spacial score (nSPS) is 21.1. The summed E-state index contributed by atoms with van der Waals surface area (Å²) in [4.78, 5) is 27.5. The van der Waals surface area contributed by atoms with E-state index in [2.05, 4.69) is 39.9 Å². The van der Waals surface area contributed by atoms with Crippen molar-refractivity contribution in [2.75, 3.05) is 13.7 Å². The molecular weight excluding hydrogens is 394 g/mol. The Kier molecular flexibility index (Phi) is 5.47. The van der Waals surface area contributed by atoms with Gasteiger partial charge in [-0.2, -0.15) is 0 Å². The first-order valence-corrected chi connectivity index (χ1v) is 9.51. The van der Waals surface area contributed by atoms with Crippen LogP contribution in [-0.4, -0.2) is 30.1 Å². The Balaban J connectivity index is 1.95. The van der Waals surface area contributed by atoms with Crippen LogP contribution in [0.2, 0.25) is 0 Å². The minimum absolute atomic E-state index is 0.116. The van der Waals surface area contributed by atoms with E-state index in [0.717, 1.165) is 25.1 Å². The van der Waals surface area contributed by atoms with Crippen LogP contribution < -0.4 is 0 Å². The van der Waals surface area contributed by atoms with Gasteiger partial charge in [-0.15, -0.1) is 0 Å². The van der Waals surface area contributed by atoms with Crippen molar-refractivity contribution in [3.05, 3.63) is 69.1 Å². The van der Waals surface area contributed by atoms with Gasteiger partial charge in [-0.05, 0) is 54.3 Å². The van der Waals surface area contributed by atoms with Crippen molar-refractivity contribution >= 4 is 27.5 Å². The van der Waals surface area contributed by atoms with Gasteiger partial charge >= 0.3 is 0 Å². The monoisotopic (exact) mass is 415 g/mol. The highest BCUT2D eigenvalue weighted by atomic mass is 79.9. The van der Waals surface area contributed by atoms with Gasteiger partial charge in [0.25, 0.3) is 0 Å². The zero-order valence-electron chi connectivity index (χ0n) is 15.2. The molecule has 1 aliphatic heterocycles. The van der Waals surface area contributed by atoms with Gasteiger partial charge in [-0.1, -0.05) is 30.3 Å². The summed E-state index contributed by atoms with van der Waals surface area (Å²) in [5.74, 6) is -0.331. The second-order valence-electron chi connectivity index (χ2n) is 6.56. The molecule has 4 nitrogen and oxygen atoms in total. The number of ketones is 2. The van der Waals surface area contributed by atoms with Gasteiger partial charge in [-0.25, -0.2) is 0 Å². The van der Waals surface area contributed by atoms with E-state index in [0.29, 0.717) is 11.1 Å². The molecule has 1 unspecified atom stereocenters. The molecule has 1 aliphatic carbocycles. The van der Waals surface area contributed by atoms with Crippen LogP contribution >= 0.6 is 15.9 Å². The number of halogens is 1. The van der Waals surface area contributed by atoms with E-state index in [1.807, 2.05) is 24.3 Å². The van der Waals surface area contributed by atoms with Gasteiger partial charge in [0.15, 0.2) is 11.5 Å². The third-order valence-electron chi connectivity index (χ3n) is 5.03. The molecule has 1 heterocycles. The zero-order valence-corrected chi connectivity index (χ0v) is 16.8. The molecule has 0 amide bonds. The van der Waals surface area contributed by atoms with Crippen molar-refractivity contribution in [3.8, 4) is 0 Å². The average molecular weight is 416 g/mol. The maximum absolute atomic E-state index is 12.7. The summed E-state index contributed by atoms with van der Waals surface area (Å²) in [5, 5.41) is 0. The van der Waals surface area contributed by atoms with Gasteiger partial charge in [0, 0.05) is 23.4 Å². The molecule has 1 atom stereocenters. The summed E-state index contributed by atoms with van der Waals surface area (Å²) in [6, 6.07) is 10.5. The molecule has 26 heavy (non-hydrogen) atoms. The molecule has 1 aromatic rings. The largest absolute Gasteiger partial charge is 0.492 e. The Morgan fingerprint density at radius 3 is 2.54 bits per heavy atom. The summed E-state index contributed by atoms with van der Waals surface area (Å²) in [6.45, 7) is 4.74. The number of likely N-dealkylation sites (tertiary alicyclic amines) is 1. The van der Waals surface area contributed by atoms with E-state index in [9.17, 15) is 9.59 Å². The van der Waals surface area contributed by atoms with Gasteiger partial charge in [0.2, 0.25) is 5.78 Å². The molecule has 1 fully saturated rings. The molecule has 136 valence electrons. The molecule has 2 aliphatic rings. The second-order valence-corrected chi connectivity index (χ2v) is 7.36. The molecule has 1 aromatic carbocycles. The standard InChI is InChI=1S/C21H22BrNO3/c1-13-19(24)17(18(22)20(25)21(13)26-3)12-16-10-7-11-23(16)14(2)15-8-5-4-6-9-15/h4-6,8-9,12,14H,7,10-11H2,1-3H3/b16-12+. The Morgan fingerprint density at radius 1 is 1.19 bits per heavy atom. The number of ether oxygens (including phenoxy) is 1. The molecule has 3 rings (SSSR count). The number of carbonyl (C=O) groups excluding carboxylic acids is 2. The first-order chi connectivity index (χ1) is 12.5. The maximum atomic E-state index is 12.7. The first-order valence-electron chi connectivity index (χ1n) is 8.72. The molecule has 0 N–H and O–H groups in total. The highest BCUT2D eigenvalue weighted by Gasteiger charge is 2.32. The molecule has 5 heteroatoms. The van der Waals surface area contributed by atoms with Crippen molar-refractivity contribution in [2.45, 2.75) is 32.7 Å². The van der Waals surface area contributed by atoms with Gasteiger partial charge in [0.05, 0.1) is 17.6 Å². The summed E-state index contributed by atoms with van der Waals surface area (Å²) in [7, 11) is 1.41. The summed E-state index contributed by atoms with van der Waals surface area (Å²) >= 11 is 3.31. The average Bonchev–Trinajstić information content (AvgIpc) is 3.12. The summed E-state index contributed by atoms with van der Waals surface area (Å²) < 4.78 is 5.38. The second kappa shape index (κ2) is 7.62. The SMILES string of the molecule is COC1=C(C)C(=O)C(/C=C2\CCCN2C(C)c2ccccc2)=C(Br)C1=O. The summed E-state index contributed by atoms with van der Waals surface area (Å²) in [5.41, 5.74) is 3.09. The Bertz CT molecular complexity index is 836. The van der Waals surface area contributed by atoms with Crippen LogP contribution in [0.5, 0.6) is 0 Å². The third-order valence-corrected chi connectivity index (χ3v) is 5.82. The minimum atomic E-state index is -0.280. The Morgan fingerprint density at radius 2 is 1.88 bits per heavy atom. The fourth-order valence-electron chi connectivity index (χ4n) is 3.57. The van der Waals surface area contributed by atoms with Gasteiger partial charge in [-0.3, -0.25) is 9.59 Å². The molecule has 0 spiro atoms. The number of hydrogen-bond acceptors (Lipinski definition) is 4. The fourth-order valence-corrected chi connectivity index (χ4v) is 4.04. The first kappa shape index (κ1) is 18.6. The van der Waals surface area contributed by atoms with E-state index in [4.69, 9.17) is 4.74 Å². The predicted octanol–water partition coefficient (Wildman–Crippen LogP) is 4.45. The van der Waals surface area contributed by atoms with Crippen molar-refractivity contribution < 1.29 is 14.3 Å². The van der Waals surface area contributed by atoms with Crippen LogP contribution in [-0.2, 0) is 14.3 Å². The fraction of sp³-hybridized carbons (Fsp3) is 0.333. The Hall–Kier alpha value is -2.14. The van der Waals surface area contributed by atoms with Gasteiger partial charge < -0.3 is 9.64 Å². The van der Waals surface area contributed by atoms with E-state index in [1.54, 1.807) is 6.92 Å². The smallest absolute Gasteiger partial charge is 0.235 e. The lowest BCUT2D eigenvalue weighted by atomic mass is 9.94. The predicted molar refractivity (Wildman–Crippen MR) is 105 cm³/mol. The highest BCUT2D eigenvalue weighted by molar-refractivity contribution is 9.12. The van der Waals surface area contributed by atoms with Crippen molar-refractivity contribution in [1.29, 1.82) is 0 Å². The van der Waals surface area contributed by atoms with Crippen molar-refractivity contribution in [2.24, 2.45) is 0 Å². The van der Waals surface area contributed by atoms with Gasteiger partial charge in [0.1, 0.15) is 0 Å². The number of methoxy groups -OCH3 is 1. The number of nitrogens with zero attached hydrogens (tertiary/aromatic N) is 1. The van der Waals surface area contributed by atoms with Crippen LogP contribution in [0.3, 0.4) is 0 Å². The number of allylic oxidation sites excluding steroid dienone is 5. The van der Waals surface area contributed by atoms with E-state index < -0.39 is 0 Å². The van der Waals surface area contributed by atoms with E-state index in [1.165, 1.54) is 12.7 Å². The van der Waals surface area contributed by atoms with Crippen LogP contribution in [0.1, 0.15) is 38.3 Å². The maximum Gasteiger partial charge on any atom is 0.235 e. The van der Waals surface area contributed by atoms with Crippen LogP contribution in [0, 0.1) is 0 Å². The zero-order chi connectivity index (χ0) is 18.8. The van der Waals surface area contributed by atoms with Crippen molar-refractivity contribution in [1.82, 2.24) is 4.90 Å². The number of benzene rings is 1. The lowest BCUT2D eigenvalue weighted by molar-refractivity contribution is -0.118. The van der Waals surface area contributed by atoms with E-state index >= 15 is 0 Å². The Labute approximate surface area is 162 Å². The minimum Gasteiger partial charge on any atom is -0.492 e. The molecule has 0 radical (unpaired) electrons. The number of hydrogen-bond donors (Lipinski definition) is 0. The molecule has 0 saturated carbocycles. The third kappa shape index (κ3) is 3.28. The molecule has 1 saturated heterocycles. The highest BCUT2D eigenvalue weighted by Crippen LogP contribution is 2.35. The molecule has 0 aromatic heterocycles. The van der Waals surface area contributed by atoms with Crippen LogP contribution in [0.4, 0.5) is 0 Å².